The van der Waals surface area contributed by atoms with E-state index >= 15 is 0 Å². The van der Waals surface area contributed by atoms with Gasteiger partial charge in [0.25, 0.3) is 0 Å². The maximum absolute atomic E-state index is 11.5. The number of nitrogens with zero attached hydrogens (tertiary/aromatic N) is 1. The van der Waals surface area contributed by atoms with Crippen LogP contribution < -0.4 is 5.73 Å². The monoisotopic (exact) mass is 290 g/mol. The summed E-state index contributed by atoms with van der Waals surface area (Å²) in [5.74, 6) is 0.939. The van der Waals surface area contributed by atoms with Crippen LogP contribution in [0.25, 0.3) is 0 Å². The molecule has 1 saturated carbocycles. The van der Waals surface area contributed by atoms with E-state index in [1.54, 1.807) is 0 Å². The molecular weight excluding hydrogens is 264 g/mol. The minimum absolute atomic E-state index is 0. The average molecular weight is 291 g/mol. The van der Waals surface area contributed by atoms with Crippen LogP contribution in [0, 0.1) is 5.92 Å². The van der Waals surface area contributed by atoms with Gasteiger partial charge in [-0.1, -0.05) is 6.92 Å². The van der Waals surface area contributed by atoms with Crippen molar-refractivity contribution >= 4 is 18.3 Å². The molecule has 0 unspecified atom stereocenters. The molecule has 1 aliphatic heterocycles. The van der Waals surface area contributed by atoms with Gasteiger partial charge in [0.2, 0.25) is 5.91 Å². The van der Waals surface area contributed by atoms with Gasteiger partial charge < -0.3 is 15.4 Å². The molecule has 1 saturated heterocycles. The van der Waals surface area contributed by atoms with Gasteiger partial charge in [0.15, 0.2) is 0 Å². The zero-order valence-corrected chi connectivity index (χ0v) is 12.7. The van der Waals surface area contributed by atoms with Crippen LogP contribution in [0.3, 0.4) is 0 Å². The first-order chi connectivity index (χ1) is 8.69. The number of rotatable bonds is 3. The quantitative estimate of drug-likeness (QED) is 0.864. The number of carbonyl (C=O) groups is 1. The Labute approximate surface area is 122 Å². The Kier molecular flexibility index (Phi) is 7.11. The first kappa shape index (κ1) is 16.7. The van der Waals surface area contributed by atoms with E-state index < -0.39 is 0 Å². The second kappa shape index (κ2) is 8.08. The molecule has 4 nitrogen and oxygen atoms in total. The Morgan fingerprint density at radius 2 is 1.63 bits per heavy atom. The Morgan fingerprint density at radius 1 is 1.11 bits per heavy atom. The summed E-state index contributed by atoms with van der Waals surface area (Å²) >= 11 is 0. The summed E-state index contributed by atoms with van der Waals surface area (Å²) in [7, 11) is 0. The summed E-state index contributed by atoms with van der Waals surface area (Å²) in [6.07, 6.45) is 7.78. The summed E-state index contributed by atoms with van der Waals surface area (Å²) in [6, 6.07) is 0. The fourth-order valence-corrected chi connectivity index (χ4v) is 3.01. The molecule has 0 radical (unpaired) electrons. The molecule has 19 heavy (non-hydrogen) atoms. The third-order valence-corrected chi connectivity index (χ3v) is 4.32. The van der Waals surface area contributed by atoms with Gasteiger partial charge in [-0.25, -0.2) is 0 Å². The highest BCUT2D eigenvalue weighted by Crippen LogP contribution is 2.28. The number of likely N-dealkylation sites (tertiary alicyclic amines) is 1. The smallest absolute Gasteiger partial charge is 0.236 e. The van der Waals surface area contributed by atoms with Crippen LogP contribution in [0.1, 0.15) is 45.4 Å². The van der Waals surface area contributed by atoms with Crippen molar-refractivity contribution in [3.63, 3.8) is 0 Å². The molecule has 0 aromatic carbocycles. The van der Waals surface area contributed by atoms with Crippen LogP contribution in [-0.4, -0.2) is 42.6 Å². The lowest BCUT2D eigenvalue weighted by Crippen LogP contribution is -2.44. The summed E-state index contributed by atoms with van der Waals surface area (Å²) < 4.78 is 6.17. The molecule has 0 bridgehead atoms. The van der Waals surface area contributed by atoms with E-state index in [1.807, 2.05) is 4.90 Å². The van der Waals surface area contributed by atoms with Crippen molar-refractivity contribution in [1.82, 2.24) is 4.90 Å². The Balaban J connectivity index is 0.00000180. The van der Waals surface area contributed by atoms with E-state index in [1.165, 1.54) is 25.7 Å². The molecule has 1 aliphatic carbocycles. The Bertz CT molecular complexity index is 273. The fraction of sp³-hybridized carbons (Fsp3) is 0.929. The van der Waals surface area contributed by atoms with Gasteiger partial charge in [0.1, 0.15) is 0 Å². The molecule has 0 atom stereocenters. The molecule has 2 fully saturated rings. The number of ether oxygens (including phenoxy) is 1. The lowest BCUT2D eigenvalue weighted by atomic mass is 9.88. The summed E-state index contributed by atoms with van der Waals surface area (Å²) in [5, 5.41) is 0. The molecule has 1 amide bonds. The SMILES string of the molecule is CC1CCC(OC2CCN(C(=O)CN)CC2)CC1.Cl. The van der Waals surface area contributed by atoms with E-state index in [-0.39, 0.29) is 24.9 Å². The predicted molar refractivity (Wildman–Crippen MR) is 78.4 cm³/mol. The predicted octanol–water partition coefficient (Wildman–Crippen LogP) is 1.95. The maximum atomic E-state index is 11.5. The van der Waals surface area contributed by atoms with Crippen LogP contribution in [0.2, 0.25) is 0 Å². The topological polar surface area (TPSA) is 55.6 Å². The number of hydrogen-bond acceptors (Lipinski definition) is 3. The zero-order chi connectivity index (χ0) is 13.0. The molecule has 1 heterocycles. The van der Waals surface area contributed by atoms with Crippen molar-refractivity contribution in [3.8, 4) is 0 Å². The number of hydrogen-bond donors (Lipinski definition) is 1. The third kappa shape index (κ3) is 4.93. The van der Waals surface area contributed by atoms with Gasteiger partial charge in [-0.3, -0.25) is 4.79 Å². The second-order valence-corrected chi connectivity index (χ2v) is 5.80. The van der Waals surface area contributed by atoms with Gasteiger partial charge >= 0.3 is 0 Å². The minimum atomic E-state index is 0. The van der Waals surface area contributed by atoms with Crippen molar-refractivity contribution in [2.75, 3.05) is 19.6 Å². The van der Waals surface area contributed by atoms with Crippen molar-refractivity contribution in [3.05, 3.63) is 0 Å². The highest BCUT2D eigenvalue weighted by molar-refractivity contribution is 5.85. The molecule has 2 N–H and O–H groups in total. The van der Waals surface area contributed by atoms with Crippen molar-refractivity contribution < 1.29 is 9.53 Å². The molecular formula is C14H27ClN2O2. The van der Waals surface area contributed by atoms with Gasteiger partial charge in [-0.15, -0.1) is 12.4 Å². The number of nitrogens with two attached hydrogens (primary N) is 1. The lowest BCUT2D eigenvalue weighted by molar-refractivity contribution is -0.133. The van der Waals surface area contributed by atoms with Crippen LogP contribution in [-0.2, 0) is 9.53 Å². The van der Waals surface area contributed by atoms with Crippen molar-refractivity contribution in [2.24, 2.45) is 11.7 Å². The second-order valence-electron chi connectivity index (χ2n) is 5.80. The Morgan fingerprint density at radius 3 is 2.16 bits per heavy atom. The highest BCUT2D eigenvalue weighted by atomic mass is 35.5. The van der Waals surface area contributed by atoms with Crippen LogP contribution >= 0.6 is 12.4 Å². The van der Waals surface area contributed by atoms with Gasteiger partial charge in [0, 0.05) is 13.1 Å². The summed E-state index contributed by atoms with van der Waals surface area (Å²) in [5.41, 5.74) is 5.38. The van der Waals surface area contributed by atoms with Crippen LogP contribution in [0.15, 0.2) is 0 Å². The number of piperidine rings is 1. The molecule has 2 aliphatic rings. The molecule has 0 spiro atoms. The average Bonchev–Trinajstić information content (AvgIpc) is 2.41. The number of carbonyl (C=O) groups excluding carboxylic acids is 1. The number of amides is 1. The van der Waals surface area contributed by atoms with Gasteiger partial charge in [0.05, 0.1) is 18.8 Å². The highest BCUT2D eigenvalue weighted by Gasteiger charge is 2.26. The Hall–Kier alpha value is -0.320. The molecule has 2 rings (SSSR count). The minimum Gasteiger partial charge on any atom is -0.375 e. The molecule has 0 aromatic heterocycles. The van der Waals surface area contributed by atoms with E-state index in [0.717, 1.165) is 31.8 Å². The van der Waals surface area contributed by atoms with E-state index in [4.69, 9.17) is 10.5 Å². The number of halogens is 1. The normalized spacial score (nSPS) is 28.8. The molecule has 5 heteroatoms. The van der Waals surface area contributed by atoms with E-state index in [9.17, 15) is 4.79 Å². The first-order valence-corrected chi connectivity index (χ1v) is 7.32. The molecule has 0 aromatic rings. The zero-order valence-electron chi connectivity index (χ0n) is 11.8. The van der Waals surface area contributed by atoms with E-state index in [2.05, 4.69) is 6.92 Å². The van der Waals surface area contributed by atoms with Crippen LogP contribution in [0.4, 0.5) is 0 Å². The third-order valence-electron chi connectivity index (χ3n) is 4.32. The maximum Gasteiger partial charge on any atom is 0.236 e. The van der Waals surface area contributed by atoms with Crippen LogP contribution in [0.5, 0.6) is 0 Å². The van der Waals surface area contributed by atoms with E-state index in [0.29, 0.717) is 12.2 Å². The fourth-order valence-electron chi connectivity index (χ4n) is 3.01. The van der Waals surface area contributed by atoms with Crippen molar-refractivity contribution in [2.45, 2.75) is 57.7 Å². The largest absolute Gasteiger partial charge is 0.375 e. The van der Waals surface area contributed by atoms with Crippen molar-refractivity contribution in [1.29, 1.82) is 0 Å². The van der Waals surface area contributed by atoms with Gasteiger partial charge in [-0.2, -0.15) is 0 Å². The molecule has 112 valence electrons. The standard InChI is InChI=1S/C14H26N2O2.ClH/c1-11-2-4-12(5-3-11)18-13-6-8-16(9-7-13)14(17)10-15;/h11-13H,2-10,15H2,1H3;1H. The van der Waals surface area contributed by atoms with Gasteiger partial charge in [-0.05, 0) is 44.4 Å². The summed E-state index contributed by atoms with van der Waals surface area (Å²) in [4.78, 5) is 13.3. The first-order valence-electron chi connectivity index (χ1n) is 7.32. The lowest BCUT2D eigenvalue weighted by Gasteiger charge is -2.35. The summed E-state index contributed by atoms with van der Waals surface area (Å²) in [6.45, 7) is 4.08.